The molecule has 1 saturated heterocycles. The van der Waals surface area contributed by atoms with Crippen molar-refractivity contribution in [2.75, 3.05) is 18.0 Å². The maximum Gasteiger partial charge on any atom is 0.304 e. The van der Waals surface area contributed by atoms with Crippen LogP contribution >= 0.6 is 11.3 Å². The monoisotopic (exact) mass is 240 g/mol. The van der Waals surface area contributed by atoms with Crippen molar-refractivity contribution in [3.05, 3.63) is 11.1 Å². The molecule has 1 N–H and O–H groups in total. The fourth-order valence-corrected chi connectivity index (χ4v) is 2.92. The van der Waals surface area contributed by atoms with Crippen LogP contribution in [0.4, 0.5) is 5.13 Å². The molecule has 0 bridgehead atoms. The number of hydrogen-bond acceptors (Lipinski definition) is 4. The molecule has 2 rings (SSSR count). The summed E-state index contributed by atoms with van der Waals surface area (Å²) in [5, 5.41) is 11.8. The van der Waals surface area contributed by atoms with Crippen molar-refractivity contribution >= 4 is 22.4 Å². The predicted molar refractivity (Wildman–Crippen MR) is 64.2 cm³/mol. The second-order valence-electron chi connectivity index (χ2n) is 4.25. The molecule has 0 saturated carbocycles. The Labute approximate surface area is 98.9 Å². The van der Waals surface area contributed by atoms with Crippen molar-refractivity contribution in [2.45, 2.75) is 32.1 Å². The Kier molecular flexibility index (Phi) is 3.43. The van der Waals surface area contributed by atoms with Crippen molar-refractivity contribution in [1.29, 1.82) is 0 Å². The van der Waals surface area contributed by atoms with E-state index in [0.29, 0.717) is 0 Å². The topological polar surface area (TPSA) is 53.4 Å². The number of aliphatic carboxylic acids is 1. The first-order chi connectivity index (χ1) is 7.66. The average Bonchev–Trinajstić information content (AvgIpc) is 2.87. The number of anilines is 1. The highest BCUT2D eigenvalue weighted by Crippen LogP contribution is 2.28. The van der Waals surface area contributed by atoms with E-state index in [1.807, 2.05) is 12.3 Å². The summed E-state index contributed by atoms with van der Waals surface area (Å²) in [6, 6.07) is 0. The largest absolute Gasteiger partial charge is 0.481 e. The van der Waals surface area contributed by atoms with Crippen LogP contribution in [0.15, 0.2) is 5.38 Å². The van der Waals surface area contributed by atoms with Gasteiger partial charge >= 0.3 is 5.97 Å². The van der Waals surface area contributed by atoms with Gasteiger partial charge in [-0.25, -0.2) is 4.98 Å². The predicted octanol–water partition coefficient (Wildman–Crippen LogP) is 2.32. The van der Waals surface area contributed by atoms with Gasteiger partial charge in [0.15, 0.2) is 5.13 Å². The van der Waals surface area contributed by atoms with Crippen LogP contribution in [0.3, 0.4) is 0 Å². The molecule has 1 fully saturated rings. The lowest BCUT2D eigenvalue weighted by molar-refractivity contribution is -0.137. The molecule has 0 spiro atoms. The zero-order valence-electron chi connectivity index (χ0n) is 9.35. The van der Waals surface area contributed by atoms with E-state index in [9.17, 15) is 4.79 Å². The summed E-state index contributed by atoms with van der Waals surface area (Å²) in [4.78, 5) is 17.4. The van der Waals surface area contributed by atoms with E-state index < -0.39 is 5.97 Å². The van der Waals surface area contributed by atoms with Gasteiger partial charge in [0.05, 0.1) is 12.1 Å². The highest BCUT2D eigenvalue weighted by Gasteiger charge is 2.18. The van der Waals surface area contributed by atoms with Gasteiger partial charge in [0, 0.05) is 24.4 Å². The van der Waals surface area contributed by atoms with Crippen LogP contribution < -0.4 is 4.90 Å². The zero-order valence-corrected chi connectivity index (χ0v) is 10.2. The van der Waals surface area contributed by atoms with Crippen molar-refractivity contribution in [3.63, 3.8) is 0 Å². The Morgan fingerprint density at radius 2 is 2.31 bits per heavy atom. The van der Waals surface area contributed by atoms with Gasteiger partial charge in [-0.1, -0.05) is 6.92 Å². The van der Waals surface area contributed by atoms with E-state index in [1.165, 1.54) is 12.8 Å². The molecular weight excluding hydrogens is 224 g/mol. The maximum absolute atomic E-state index is 10.6. The van der Waals surface area contributed by atoms with Gasteiger partial charge in [-0.3, -0.25) is 4.79 Å². The van der Waals surface area contributed by atoms with Crippen LogP contribution in [0.1, 0.15) is 37.8 Å². The van der Waals surface area contributed by atoms with Crippen LogP contribution in [0.2, 0.25) is 0 Å². The van der Waals surface area contributed by atoms with E-state index in [1.54, 1.807) is 11.3 Å². The Balaban J connectivity index is 2.03. The fourth-order valence-electron chi connectivity index (χ4n) is 1.92. The SMILES string of the molecule is CC(CC(=O)O)c1csc(N2CCCC2)n1. The second-order valence-corrected chi connectivity index (χ2v) is 5.08. The maximum atomic E-state index is 10.6. The van der Waals surface area contributed by atoms with Crippen LogP contribution in [0.5, 0.6) is 0 Å². The van der Waals surface area contributed by atoms with E-state index >= 15 is 0 Å². The first-order valence-electron chi connectivity index (χ1n) is 5.59. The Morgan fingerprint density at radius 1 is 1.62 bits per heavy atom. The third-order valence-corrected chi connectivity index (χ3v) is 3.79. The number of carboxylic acids is 1. The number of rotatable bonds is 4. The summed E-state index contributed by atoms with van der Waals surface area (Å²) in [6.07, 6.45) is 2.63. The Morgan fingerprint density at radius 3 is 2.94 bits per heavy atom. The quantitative estimate of drug-likeness (QED) is 0.877. The minimum Gasteiger partial charge on any atom is -0.481 e. The van der Waals surface area contributed by atoms with Gasteiger partial charge in [-0.05, 0) is 12.8 Å². The van der Waals surface area contributed by atoms with Crippen molar-refractivity contribution in [1.82, 2.24) is 4.98 Å². The van der Waals surface area contributed by atoms with Crippen molar-refractivity contribution in [3.8, 4) is 0 Å². The number of aromatic nitrogens is 1. The van der Waals surface area contributed by atoms with Gasteiger partial charge < -0.3 is 10.0 Å². The molecule has 4 nitrogen and oxygen atoms in total. The highest BCUT2D eigenvalue weighted by molar-refractivity contribution is 7.13. The number of nitrogens with zero attached hydrogens (tertiary/aromatic N) is 2. The molecule has 0 aliphatic carbocycles. The van der Waals surface area contributed by atoms with E-state index in [-0.39, 0.29) is 12.3 Å². The Hall–Kier alpha value is -1.10. The van der Waals surface area contributed by atoms with Gasteiger partial charge in [0.2, 0.25) is 0 Å². The summed E-state index contributed by atoms with van der Waals surface area (Å²) >= 11 is 1.62. The molecule has 1 aliphatic heterocycles. The van der Waals surface area contributed by atoms with Crippen molar-refractivity contribution < 1.29 is 9.90 Å². The number of hydrogen-bond donors (Lipinski definition) is 1. The summed E-state index contributed by atoms with van der Waals surface area (Å²) in [7, 11) is 0. The van der Waals surface area contributed by atoms with Gasteiger partial charge in [-0.15, -0.1) is 11.3 Å². The molecule has 0 radical (unpaired) electrons. The van der Waals surface area contributed by atoms with Gasteiger partial charge in [0.1, 0.15) is 0 Å². The van der Waals surface area contributed by atoms with Gasteiger partial charge in [0.25, 0.3) is 0 Å². The first kappa shape index (κ1) is 11.4. The second kappa shape index (κ2) is 4.82. The van der Waals surface area contributed by atoms with Crippen LogP contribution in [-0.2, 0) is 4.79 Å². The molecule has 88 valence electrons. The minimum absolute atomic E-state index is 0.00473. The molecule has 2 heterocycles. The van der Waals surface area contributed by atoms with Crippen LogP contribution in [0, 0.1) is 0 Å². The Bertz CT molecular complexity index is 372. The van der Waals surface area contributed by atoms with Gasteiger partial charge in [-0.2, -0.15) is 0 Å². The lowest BCUT2D eigenvalue weighted by Gasteiger charge is -2.12. The van der Waals surface area contributed by atoms with Crippen molar-refractivity contribution in [2.24, 2.45) is 0 Å². The third-order valence-electron chi connectivity index (χ3n) is 2.87. The van der Waals surface area contributed by atoms with E-state index in [2.05, 4.69) is 9.88 Å². The van der Waals surface area contributed by atoms with Crippen LogP contribution in [0.25, 0.3) is 0 Å². The standard InChI is InChI=1S/C11H16N2O2S/c1-8(6-10(14)15)9-7-16-11(12-9)13-4-2-3-5-13/h7-8H,2-6H2,1H3,(H,14,15). The summed E-state index contributed by atoms with van der Waals surface area (Å²) in [6.45, 7) is 4.08. The summed E-state index contributed by atoms with van der Waals surface area (Å²) in [5.41, 5.74) is 0.911. The zero-order chi connectivity index (χ0) is 11.5. The smallest absolute Gasteiger partial charge is 0.304 e. The molecule has 1 aliphatic rings. The number of carbonyl (C=O) groups is 1. The van der Waals surface area contributed by atoms with E-state index in [0.717, 1.165) is 23.9 Å². The molecule has 16 heavy (non-hydrogen) atoms. The molecule has 5 heteroatoms. The van der Waals surface area contributed by atoms with E-state index in [4.69, 9.17) is 5.11 Å². The lowest BCUT2D eigenvalue weighted by atomic mass is 10.1. The number of thiazole rings is 1. The highest BCUT2D eigenvalue weighted by atomic mass is 32.1. The normalized spacial score (nSPS) is 17.7. The molecule has 1 aromatic rings. The summed E-state index contributed by atoms with van der Waals surface area (Å²) in [5.74, 6) is -0.756. The molecule has 0 aromatic carbocycles. The first-order valence-corrected chi connectivity index (χ1v) is 6.47. The molecular formula is C11H16N2O2S. The molecule has 1 unspecified atom stereocenters. The number of carboxylic acid groups (broad SMARTS) is 1. The minimum atomic E-state index is -0.761. The molecule has 1 aromatic heterocycles. The molecule has 0 amide bonds. The molecule has 1 atom stereocenters. The third kappa shape index (κ3) is 2.52. The van der Waals surface area contributed by atoms with Crippen LogP contribution in [-0.4, -0.2) is 29.1 Å². The average molecular weight is 240 g/mol. The lowest BCUT2D eigenvalue weighted by Crippen LogP contribution is -2.17. The summed E-state index contributed by atoms with van der Waals surface area (Å²) < 4.78 is 0. The fraction of sp³-hybridized carbons (Fsp3) is 0.636.